The largest absolute Gasteiger partial charge is 0.377 e. The third kappa shape index (κ3) is 2.63. The molecule has 2 heterocycles. The highest BCUT2D eigenvalue weighted by Gasteiger charge is 2.27. The lowest BCUT2D eigenvalue weighted by Gasteiger charge is -2.22. The predicted molar refractivity (Wildman–Crippen MR) is 66.7 cm³/mol. The van der Waals surface area contributed by atoms with Crippen LogP contribution in [0.4, 0.5) is 0 Å². The van der Waals surface area contributed by atoms with Crippen LogP contribution in [0.1, 0.15) is 24.2 Å². The van der Waals surface area contributed by atoms with Crippen molar-refractivity contribution >= 4 is 11.6 Å². The predicted octanol–water partition coefficient (Wildman–Crippen LogP) is 0.935. The van der Waals surface area contributed by atoms with Gasteiger partial charge in [0.1, 0.15) is 0 Å². The Balaban J connectivity index is 2.12. The molecule has 1 saturated heterocycles. The molecule has 0 spiro atoms. The van der Waals surface area contributed by atoms with Gasteiger partial charge in [-0.15, -0.1) is 0 Å². The van der Waals surface area contributed by atoms with Gasteiger partial charge in [-0.1, -0.05) is 11.6 Å². The van der Waals surface area contributed by atoms with E-state index in [1.165, 1.54) is 0 Å². The van der Waals surface area contributed by atoms with Gasteiger partial charge in [0.2, 0.25) is 0 Å². The van der Waals surface area contributed by atoms with E-state index in [1.54, 1.807) is 0 Å². The Bertz CT molecular complexity index is 387. The van der Waals surface area contributed by atoms with Crippen molar-refractivity contribution < 1.29 is 4.74 Å². The van der Waals surface area contributed by atoms with Gasteiger partial charge >= 0.3 is 0 Å². The smallest absolute Gasteiger partial charge is 0.0847 e. The molecule has 0 saturated carbocycles. The van der Waals surface area contributed by atoms with Crippen LogP contribution in [0.15, 0.2) is 0 Å². The van der Waals surface area contributed by atoms with Gasteiger partial charge in [-0.2, -0.15) is 5.10 Å². The molecule has 1 aromatic rings. The summed E-state index contributed by atoms with van der Waals surface area (Å²) >= 11 is 6.23. The van der Waals surface area contributed by atoms with Gasteiger partial charge in [-0.25, -0.2) is 0 Å². The lowest BCUT2D eigenvalue weighted by Crippen LogP contribution is -2.45. The molecular weight excluding hydrogens is 240 g/mol. The fraction of sp³-hybridized carbons (Fsp3) is 0.727. The van der Waals surface area contributed by atoms with Crippen LogP contribution in [-0.4, -0.2) is 28.5 Å². The summed E-state index contributed by atoms with van der Waals surface area (Å²) < 4.78 is 7.47. The summed E-state index contributed by atoms with van der Waals surface area (Å²) in [5, 5.41) is 5.03. The van der Waals surface area contributed by atoms with Crippen LogP contribution in [0.5, 0.6) is 0 Å². The van der Waals surface area contributed by atoms with Gasteiger partial charge in [-0.3, -0.25) is 16.0 Å². The molecule has 2 atom stereocenters. The number of ether oxygens (including phenoxy) is 1. The number of aromatic nitrogens is 2. The zero-order valence-electron chi connectivity index (χ0n) is 10.2. The third-order valence-corrected chi connectivity index (χ3v) is 3.79. The van der Waals surface area contributed by atoms with E-state index in [4.69, 9.17) is 22.2 Å². The highest BCUT2D eigenvalue weighted by Crippen LogP contribution is 2.24. The summed E-state index contributed by atoms with van der Waals surface area (Å²) in [4.78, 5) is 0. The molecule has 0 aromatic carbocycles. The van der Waals surface area contributed by atoms with Crippen molar-refractivity contribution in [3.8, 4) is 0 Å². The lowest BCUT2D eigenvalue weighted by atomic mass is 10.0. The number of halogens is 1. The standard InChI is InChI=1S/C11H19ClN4O/c1-7-11(12)9(16(2)15-7)6-8(14-13)10-4-3-5-17-10/h8,10,14H,3-6,13H2,1-2H3. The second-order valence-corrected chi connectivity index (χ2v) is 4.88. The molecule has 1 aliphatic heterocycles. The molecule has 2 rings (SSSR count). The second kappa shape index (κ2) is 5.35. The molecule has 2 unspecified atom stereocenters. The van der Waals surface area contributed by atoms with E-state index < -0.39 is 0 Å². The Labute approximate surface area is 106 Å². The minimum atomic E-state index is 0.0878. The number of hydrazine groups is 1. The first-order valence-electron chi connectivity index (χ1n) is 5.89. The van der Waals surface area contributed by atoms with E-state index in [0.29, 0.717) is 0 Å². The van der Waals surface area contributed by atoms with Gasteiger partial charge in [0.15, 0.2) is 0 Å². The van der Waals surface area contributed by atoms with Crippen LogP contribution in [0.3, 0.4) is 0 Å². The Morgan fingerprint density at radius 3 is 2.94 bits per heavy atom. The number of nitrogens with zero attached hydrogens (tertiary/aromatic N) is 2. The van der Waals surface area contributed by atoms with Crippen LogP contribution in [0, 0.1) is 6.92 Å². The molecule has 0 aliphatic carbocycles. The van der Waals surface area contributed by atoms with E-state index in [1.807, 2.05) is 18.7 Å². The maximum absolute atomic E-state index is 6.23. The summed E-state index contributed by atoms with van der Waals surface area (Å²) in [6, 6.07) is 0.0878. The minimum Gasteiger partial charge on any atom is -0.377 e. The number of nitrogens with two attached hydrogens (primary N) is 1. The lowest BCUT2D eigenvalue weighted by molar-refractivity contribution is 0.0779. The van der Waals surface area contributed by atoms with Gasteiger partial charge in [0.05, 0.1) is 28.6 Å². The molecule has 6 heteroatoms. The van der Waals surface area contributed by atoms with E-state index in [-0.39, 0.29) is 12.1 Å². The number of nitrogens with one attached hydrogen (secondary N) is 1. The van der Waals surface area contributed by atoms with Crippen molar-refractivity contribution in [1.82, 2.24) is 15.2 Å². The summed E-state index contributed by atoms with van der Waals surface area (Å²) in [7, 11) is 1.90. The third-order valence-electron chi connectivity index (χ3n) is 3.30. The Morgan fingerprint density at radius 1 is 1.71 bits per heavy atom. The fourth-order valence-electron chi connectivity index (χ4n) is 2.33. The Kier molecular flexibility index (Phi) is 4.04. The summed E-state index contributed by atoms with van der Waals surface area (Å²) in [6.07, 6.45) is 3.05. The summed E-state index contributed by atoms with van der Waals surface area (Å²) in [5.74, 6) is 5.60. The minimum absolute atomic E-state index is 0.0878. The monoisotopic (exact) mass is 258 g/mol. The number of aryl methyl sites for hydroxylation is 2. The topological polar surface area (TPSA) is 65.1 Å². The molecule has 17 heavy (non-hydrogen) atoms. The van der Waals surface area contributed by atoms with Crippen LogP contribution >= 0.6 is 11.6 Å². The average molecular weight is 259 g/mol. The van der Waals surface area contributed by atoms with E-state index in [0.717, 1.165) is 42.3 Å². The van der Waals surface area contributed by atoms with Crippen LogP contribution < -0.4 is 11.3 Å². The SMILES string of the molecule is Cc1nn(C)c(CC(NN)C2CCCO2)c1Cl. The summed E-state index contributed by atoms with van der Waals surface area (Å²) in [6.45, 7) is 2.73. The van der Waals surface area contributed by atoms with E-state index >= 15 is 0 Å². The number of hydrogen-bond donors (Lipinski definition) is 2. The van der Waals surface area contributed by atoms with Crippen molar-refractivity contribution in [3.05, 3.63) is 16.4 Å². The highest BCUT2D eigenvalue weighted by atomic mass is 35.5. The maximum atomic E-state index is 6.23. The molecule has 0 amide bonds. The molecule has 5 nitrogen and oxygen atoms in total. The van der Waals surface area contributed by atoms with Gasteiger partial charge in [0.25, 0.3) is 0 Å². The van der Waals surface area contributed by atoms with Gasteiger partial charge in [0, 0.05) is 20.1 Å². The molecule has 3 N–H and O–H groups in total. The first-order chi connectivity index (χ1) is 8.13. The molecule has 0 bridgehead atoms. The van der Waals surface area contributed by atoms with E-state index in [9.17, 15) is 0 Å². The van der Waals surface area contributed by atoms with Crippen molar-refractivity contribution in [1.29, 1.82) is 0 Å². The zero-order chi connectivity index (χ0) is 12.4. The van der Waals surface area contributed by atoms with Crippen LogP contribution in [0.2, 0.25) is 5.02 Å². The Morgan fingerprint density at radius 2 is 2.47 bits per heavy atom. The van der Waals surface area contributed by atoms with Crippen LogP contribution in [0.25, 0.3) is 0 Å². The maximum Gasteiger partial charge on any atom is 0.0847 e. The van der Waals surface area contributed by atoms with Crippen LogP contribution in [-0.2, 0) is 18.2 Å². The number of hydrogen-bond acceptors (Lipinski definition) is 4. The van der Waals surface area contributed by atoms with Crippen molar-refractivity contribution in [3.63, 3.8) is 0 Å². The van der Waals surface area contributed by atoms with E-state index in [2.05, 4.69) is 10.5 Å². The molecule has 1 aliphatic rings. The van der Waals surface area contributed by atoms with Crippen molar-refractivity contribution in [2.24, 2.45) is 12.9 Å². The van der Waals surface area contributed by atoms with Gasteiger partial charge in [-0.05, 0) is 19.8 Å². The molecule has 96 valence electrons. The zero-order valence-corrected chi connectivity index (χ0v) is 11.0. The van der Waals surface area contributed by atoms with Crippen molar-refractivity contribution in [2.75, 3.05) is 6.61 Å². The quantitative estimate of drug-likeness (QED) is 0.623. The van der Waals surface area contributed by atoms with Gasteiger partial charge < -0.3 is 4.74 Å². The molecule has 1 fully saturated rings. The summed E-state index contributed by atoms with van der Waals surface area (Å²) in [5.41, 5.74) is 4.69. The average Bonchev–Trinajstić information content (AvgIpc) is 2.89. The first kappa shape index (κ1) is 12.8. The fourth-order valence-corrected chi connectivity index (χ4v) is 2.57. The number of rotatable bonds is 4. The molecule has 1 aromatic heterocycles. The first-order valence-corrected chi connectivity index (χ1v) is 6.27. The second-order valence-electron chi connectivity index (χ2n) is 4.50. The highest BCUT2D eigenvalue weighted by molar-refractivity contribution is 6.31. The molecular formula is C11H19ClN4O. The molecule has 0 radical (unpaired) electrons. The normalized spacial score (nSPS) is 22.0. The van der Waals surface area contributed by atoms with Crippen molar-refractivity contribution in [2.45, 2.75) is 38.3 Å². The Hall–Kier alpha value is -0.620.